The summed E-state index contributed by atoms with van der Waals surface area (Å²) in [5.74, 6) is 0.524. The van der Waals surface area contributed by atoms with Crippen molar-refractivity contribution in [2.45, 2.75) is 58.8 Å². The number of carbonyl (C=O) groups excluding carboxylic acids is 1. The van der Waals surface area contributed by atoms with Crippen LogP contribution in [0.3, 0.4) is 0 Å². The summed E-state index contributed by atoms with van der Waals surface area (Å²) in [5.41, 5.74) is 0. The van der Waals surface area contributed by atoms with E-state index in [1.807, 2.05) is 0 Å². The lowest BCUT2D eigenvalue weighted by Gasteiger charge is -2.14. The minimum absolute atomic E-state index is 0.0316. The molecule has 0 N–H and O–H groups in total. The van der Waals surface area contributed by atoms with E-state index in [9.17, 15) is 4.79 Å². The zero-order valence-electron chi connectivity index (χ0n) is 10.6. The molecule has 0 aromatic rings. The van der Waals surface area contributed by atoms with Crippen LogP contribution in [0.25, 0.3) is 0 Å². The second kappa shape index (κ2) is 11.4. The fourth-order valence-corrected chi connectivity index (χ4v) is 1.94. The van der Waals surface area contributed by atoms with Gasteiger partial charge in [-0.05, 0) is 25.2 Å². The molecule has 96 valence electrons. The highest BCUT2D eigenvalue weighted by Crippen LogP contribution is 2.13. The molecule has 1 atom stereocenters. The van der Waals surface area contributed by atoms with Crippen LogP contribution in [0.2, 0.25) is 0 Å². The Labute approximate surface area is 108 Å². The van der Waals surface area contributed by atoms with Crippen LogP contribution in [0.1, 0.15) is 58.8 Å². The maximum Gasteiger partial charge on any atom is 0.305 e. The van der Waals surface area contributed by atoms with E-state index in [1.54, 1.807) is 0 Å². The molecule has 2 nitrogen and oxygen atoms in total. The summed E-state index contributed by atoms with van der Waals surface area (Å²) in [6.07, 6.45) is 7.28. The number of hydrogen-bond acceptors (Lipinski definition) is 2. The van der Waals surface area contributed by atoms with Crippen LogP contribution < -0.4 is 0 Å². The van der Waals surface area contributed by atoms with Gasteiger partial charge in [0.2, 0.25) is 0 Å². The van der Waals surface area contributed by atoms with Gasteiger partial charge < -0.3 is 4.74 Å². The van der Waals surface area contributed by atoms with Gasteiger partial charge in [-0.2, -0.15) is 0 Å². The molecule has 0 fully saturated rings. The highest BCUT2D eigenvalue weighted by Gasteiger charge is 2.09. The van der Waals surface area contributed by atoms with Gasteiger partial charge in [-0.25, -0.2) is 0 Å². The summed E-state index contributed by atoms with van der Waals surface area (Å²) >= 11 is 3.35. The molecule has 0 aliphatic rings. The molecule has 0 radical (unpaired) electrons. The Morgan fingerprint density at radius 1 is 1.25 bits per heavy atom. The zero-order valence-corrected chi connectivity index (χ0v) is 12.2. The Kier molecular flexibility index (Phi) is 11.4. The molecular formula is C13H25BrO2. The number of unbranched alkanes of at least 4 members (excludes halogenated alkanes) is 2. The quantitative estimate of drug-likeness (QED) is 0.341. The molecule has 0 aliphatic carbocycles. The maximum absolute atomic E-state index is 11.4. The van der Waals surface area contributed by atoms with Gasteiger partial charge in [0.1, 0.15) is 0 Å². The van der Waals surface area contributed by atoms with Gasteiger partial charge >= 0.3 is 5.97 Å². The lowest BCUT2D eigenvalue weighted by atomic mass is 10.0. The molecule has 0 heterocycles. The molecule has 16 heavy (non-hydrogen) atoms. The van der Waals surface area contributed by atoms with Crippen molar-refractivity contribution < 1.29 is 9.53 Å². The third-order valence-corrected chi connectivity index (χ3v) is 3.35. The van der Waals surface area contributed by atoms with Crippen LogP contribution in [0.5, 0.6) is 0 Å². The largest absolute Gasteiger partial charge is 0.465 e. The standard InChI is InChI=1S/C13H25BrO2/c1-3-5-8-12(4-2)11-16-13(15)9-6-7-10-14/h12H,3-11H2,1-2H3. The monoisotopic (exact) mass is 292 g/mol. The van der Waals surface area contributed by atoms with Crippen LogP contribution in [-0.4, -0.2) is 17.9 Å². The maximum atomic E-state index is 11.4. The van der Waals surface area contributed by atoms with Crippen molar-refractivity contribution >= 4 is 21.9 Å². The van der Waals surface area contributed by atoms with Crippen molar-refractivity contribution in [3.63, 3.8) is 0 Å². The highest BCUT2D eigenvalue weighted by molar-refractivity contribution is 9.09. The first-order valence-corrected chi connectivity index (χ1v) is 7.58. The zero-order chi connectivity index (χ0) is 12.2. The Morgan fingerprint density at radius 2 is 2.00 bits per heavy atom. The van der Waals surface area contributed by atoms with Gasteiger partial charge in [0.25, 0.3) is 0 Å². The van der Waals surface area contributed by atoms with Gasteiger partial charge in [-0.1, -0.05) is 49.0 Å². The molecule has 3 heteroatoms. The van der Waals surface area contributed by atoms with Crippen molar-refractivity contribution in [3.8, 4) is 0 Å². The Hall–Kier alpha value is -0.0500. The number of halogens is 1. The summed E-state index contributed by atoms with van der Waals surface area (Å²) in [5, 5.41) is 0.967. The van der Waals surface area contributed by atoms with Gasteiger partial charge in [0.05, 0.1) is 6.61 Å². The Balaban J connectivity index is 3.54. The number of esters is 1. The smallest absolute Gasteiger partial charge is 0.305 e. The normalized spacial score (nSPS) is 12.4. The van der Waals surface area contributed by atoms with Gasteiger partial charge in [0, 0.05) is 11.8 Å². The number of rotatable bonds is 10. The van der Waals surface area contributed by atoms with E-state index in [0.717, 1.165) is 24.6 Å². The van der Waals surface area contributed by atoms with Crippen LogP contribution >= 0.6 is 15.9 Å². The molecule has 0 amide bonds. The number of ether oxygens (including phenoxy) is 1. The van der Waals surface area contributed by atoms with Crippen LogP contribution in [-0.2, 0) is 9.53 Å². The summed E-state index contributed by atoms with van der Waals surface area (Å²) < 4.78 is 5.28. The van der Waals surface area contributed by atoms with E-state index in [2.05, 4.69) is 29.8 Å². The van der Waals surface area contributed by atoms with E-state index >= 15 is 0 Å². The minimum atomic E-state index is -0.0316. The van der Waals surface area contributed by atoms with Crippen molar-refractivity contribution in [1.29, 1.82) is 0 Å². The van der Waals surface area contributed by atoms with E-state index in [1.165, 1.54) is 19.3 Å². The number of hydrogen-bond donors (Lipinski definition) is 0. The first-order chi connectivity index (χ1) is 7.74. The Bertz CT molecular complexity index is 171. The predicted octanol–water partition coefficient (Wildman–Crippen LogP) is 4.31. The third kappa shape index (κ3) is 9.20. The lowest BCUT2D eigenvalue weighted by molar-refractivity contribution is -0.145. The summed E-state index contributed by atoms with van der Waals surface area (Å²) in [7, 11) is 0. The molecule has 0 rings (SSSR count). The molecular weight excluding hydrogens is 268 g/mol. The highest BCUT2D eigenvalue weighted by atomic mass is 79.9. The molecule has 0 saturated heterocycles. The van der Waals surface area contributed by atoms with E-state index in [-0.39, 0.29) is 5.97 Å². The second-order valence-electron chi connectivity index (χ2n) is 4.25. The molecule has 0 aromatic carbocycles. The van der Waals surface area contributed by atoms with Gasteiger partial charge in [0.15, 0.2) is 0 Å². The van der Waals surface area contributed by atoms with Crippen molar-refractivity contribution in [3.05, 3.63) is 0 Å². The molecule has 1 unspecified atom stereocenters. The summed E-state index contributed by atoms with van der Waals surface area (Å²) in [6, 6.07) is 0. The SMILES string of the molecule is CCCCC(CC)COC(=O)CCCCBr. The summed E-state index contributed by atoms with van der Waals surface area (Å²) in [4.78, 5) is 11.4. The van der Waals surface area contributed by atoms with Gasteiger partial charge in [-0.3, -0.25) is 4.79 Å². The van der Waals surface area contributed by atoms with E-state index < -0.39 is 0 Å². The first-order valence-electron chi connectivity index (χ1n) is 6.46. The van der Waals surface area contributed by atoms with Gasteiger partial charge in [-0.15, -0.1) is 0 Å². The molecule has 0 bridgehead atoms. The van der Waals surface area contributed by atoms with Crippen LogP contribution in [0.15, 0.2) is 0 Å². The van der Waals surface area contributed by atoms with Crippen molar-refractivity contribution in [2.24, 2.45) is 5.92 Å². The number of alkyl halides is 1. The number of carbonyl (C=O) groups is 1. The second-order valence-corrected chi connectivity index (χ2v) is 5.04. The average Bonchev–Trinajstić information content (AvgIpc) is 2.30. The minimum Gasteiger partial charge on any atom is -0.465 e. The molecule has 0 saturated carbocycles. The molecule has 0 spiro atoms. The van der Waals surface area contributed by atoms with Crippen LogP contribution in [0, 0.1) is 5.92 Å². The molecule has 0 aliphatic heterocycles. The van der Waals surface area contributed by atoms with Crippen molar-refractivity contribution in [2.75, 3.05) is 11.9 Å². The lowest BCUT2D eigenvalue weighted by Crippen LogP contribution is -2.13. The topological polar surface area (TPSA) is 26.3 Å². The summed E-state index contributed by atoms with van der Waals surface area (Å²) in [6.45, 7) is 4.97. The molecule has 0 aromatic heterocycles. The first kappa shape index (κ1) is 16.0. The fourth-order valence-electron chi connectivity index (χ4n) is 1.54. The fraction of sp³-hybridized carbons (Fsp3) is 0.923. The van der Waals surface area contributed by atoms with Crippen molar-refractivity contribution in [1.82, 2.24) is 0 Å². The third-order valence-electron chi connectivity index (χ3n) is 2.79. The average molecular weight is 293 g/mol. The van der Waals surface area contributed by atoms with E-state index in [4.69, 9.17) is 4.74 Å². The van der Waals surface area contributed by atoms with Crippen LogP contribution in [0.4, 0.5) is 0 Å². The predicted molar refractivity (Wildman–Crippen MR) is 71.9 cm³/mol. The van der Waals surface area contributed by atoms with E-state index in [0.29, 0.717) is 18.9 Å². The Morgan fingerprint density at radius 3 is 2.56 bits per heavy atom.